The number of ketones is 1. The molecule has 4 rings (SSSR count). The first kappa shape index (κ1) is 18.8. The van der Waals surface area contributed by atoms with Crippen molar-refractivity contribution in [3.05, 3.63) is 76.7 Å². The second-order valence-corrected chi connectivity index (χ2v) is 8.29. The lowest BCUT2D eigenvalue weighted by Gasteiger charge is -2.09. The number of carbonyl (C=O) groups is 1. The predicted octanol–water partition coefficient (Wildman–Crippen LogP) is 6.25. The normalized spacial score (nSPS) is 11.0. The SMILES string of the molecule is O=C(CCCSc1nnc(-c2ccc(F)cc2)c2ccccc12)c1cccs1. The summed E-state index contributed by atoms with van der Waals surface area (Å²) in [6.45, 7) is 0. The van der Waals surface area contributed by atoms with E-state index in [9.17, 15) is 9.18 Å². The Morgan fingerprint density at radius 2 is 1.75 bits per heavy atom. The predicted molar refractivity (Wildman–Crippen MR) is 114 cm³/mol. The average molecular weight is 409 g/mol. The molecule has 28 heavy (non-hydrogen) atoms. The van der Waals surface area contributed by atoms with Crippen LogP contribution in [0.1, 0.15) is 22.5 Å². The van der Waals surface area contributed by atoms with Crippen molar-refractivity contribution in [1.29, 1.82) is 0 Å². The molecular weight excluding hydrogens is 391 g/mol. The Kier molecular flexibility index (Phi) is 5.78. The second kappa shape index (κ2) is 8.63. The topological polar surface area (TPSA) is 42.9 Å². The second-order valence-electron chi connectivity index (χ2n) is 6.26. The third-order valence-electron chi connectivity index (χ3n) is 4.35. The molecule has 0 aliphatic carbocycles. The number of thiophene rings is 1. The fourth-order valence-corrected chi connectivity index (χ4v) is 4.58. The lowest BCUT2D eigenvalue weighted by Crippen LogP contribution is -1.98. The highest BCUT2D eigenvalue weighted by Gasteiger charge is 2.12. The van der Waals surface area contributed by atoms with Crippen molar-refractivity contribution in [3.63, 3.8) is 0 Å². The van der Waals surface area contributed by atoms with Gasteiger partial charge in [0.2, 0.25) is 0 Å². The molecule has 0 atom stereocenters. The molecule has 4 aromatic rings. The van der Waals surface area contributed by atoms with Crippen molar-refractivity contribution in [2.24, 2.45) is 0 Å². The van der Waals surface area contributed by atoms with Crippen LogP contribution in [0.3, 0.4) is 0 Å². The maximum atomic E-state index is 13.2. The van der Waals surface area contributed by atoms with Crippen LogP contribution in [-0.2, 0) is 0 Å². The van der Waals surface area contributed by atoms with Gasteiger partial charge < -0.3 is 0 Å². The van der Waals surface area contributed by atoms with Crippen molar-refractivity contribution >= 4 is 39.7 Å². The highest BCUT2D eigenvalue weighted by atomic mass is 32.2. The van der Waals surface area contributed by atoms with Crippen LogP contribution in [0.15, 0.2) is 71.1 Å². The van der Waals surface area contributed by atoms with Gasteiger partial charge in [-0.15, -0.1) is 33.3 Å². The first-order valence-corrected chi connectivity index (χ1v) is 10.8. The van der Waals surface area contributed by atoms with E-state index in [2.05, 4.69) is 10.2 Å². The Morgan fingerprint density at radius 3 is 2.50 bits per heavy atom. The quantitative estimate of drug-likeness (QED) is 0.206. The van der Waals surface area contributed by atoms with Crippen LogP contribution in [0.2, 0.25) is 0 Å². The van der Waals surface area contributed by atoms with Crippen LogP contribution in [0.25, 0.3) is 22.0 Å². The summed E-state index contributed by atoms with van der Waals surface area (Å²) >= 11 is 3.10. The molecule has 2 heterocycles. The first-order chi connectivity index (χ1) is 13.7. The van der Waals surface area contributed by atoms with Crippen molar-refractivity contribution in [3.8, 4) is 11.3 Å². The van der Waals surface area contributed by atoms with Gasteiger partial charge >= 0.3 is 0 Å². The zero-order valence-electron chi connectivity index (χ0n) is 15.0. The van der Waals surface area contributed by atoms with Crippen molar-refractivity contribution in [2.75, 3.05) is 5.75 Å². The molecule has 0 aliphatic rings. The van der Waals surface area contributed by atoms with Crippen LogP contribution in [0, 0.1) is 5.82 Å². The number of hydrogen-bond donors (Lipinski definition) is 0. The smallest absolute Gasteiger partial charge is 0.172 e. The van der Waals surface area contributed by atoms with Crippen LogP contribution in [-0.4, -0.2) is 21.7 Å². The Morgan fingerprint density at radius 1 is 0.964 bits per heavy atom. The van der Waals surface area contributed by atoms with Crippen LogP contribution in [0.5, 0.6) is 0 Å². The Balaban J connectivity index is 1.50. The molecule has 0 saturated carbocycles. The molecule has 0 saturated heterocycles. The molecule has 0 bridgehead atoms. The fraction of sp³-hybridized carbons (Fsp3) is 0.136. The summed E-state index contributed by atoms with van der Waals surface area (Å²) in [5.74, 6) is 0.717. The Bertz CT molecular complexity index is 1100. The Labute approximate surface area is 170 Å². The number of fused-ring (bicyclic) bond motifs is 1. The summed E-state index contributed by atoms with van der Waals surface area (Å²) in [4.78, 5) is 12.9. The molecule has 2 aromatic heterocycles. The number of rotatable bonds is 7. The van der Waals surface area contributed by atoms with Crippen LogP contribution < -0.4 is 0 Å². The molecular formula is C22H17FN2OS2. The van der Waals surface area contributed by atoms with Gasteiger partial charge in [-0.05, 0) is 42.1 Å². The average Bonchev–Trinajstić information content (AvgIpc) is 3.27. The van der Waals surface area contributed by atoms with E-state index in [1.165, 1.54) is 23.5 Å². The molecule has 0 amide bonds. The van der Waals surface area contributed by atoms with Gasteiger partial charge in [-0.2, -0.15) is 0 Å². The largest absolute Gasteiger partial charge is 0.293 e. The summed E-state index contributed by atoms with van der Waals surface area (Å²) in [6.07, 6.45) is 1.32. The molecule has 3 nitrogen and oxygen atoms in total. The van der Waals surface area contributed by atoms with Crippen molar-refractivity contribution in [2.45, 2.75) is 17.9 Å². The summed E-state index contributed by atoms with van der Waals surface area (Å²) in [5, 5.41) is 13.6. The van der Waals surface area contributed by atoms with E-state index in [1.807, 2.05) is 41.8 Å². The lowest BCUT2D eigenvalue weighted by atomic mass is 10.1. The molecule has 0 spiro atoms. The molecule has 6 heteroatoms. The molecule has 140 valence electrons. The molecule has 0 aliphatic heterocycles. The van der Waals surface area contributed by atoms with E-state index in [4.69, 9.17) is 0 Å². The van der Waals surface area contributed by atoms with Gasteiger partial charge in [-0.3, -0.25) is 4.79 Å². The number of benzene rings is 2. The standard InChI is InChI=1S/C22H17FN2OS2/c23-16-11-9-15(10-12-16)21-17-5-1-2-6-18(17)22(25-24-21)28-14-3-7-19(26)20-8-4-13-27-20/h1-2,4-6,8-13H,3,7,14H2. The van der Waals surface area contributed by atoms with Gasteiger partial charge in [0.1, 0.15) is 16.5 Å². The fourth-order valence-electron chi connectivity index (χ4n) is 2.97. The van der Waals surface area contributed by atoms with Crippen LogP contribution >= 0.6 is 23.1 Å². The molecule has 0 radical (unpaired) electrons. The first-order valence-electron chi connectivity index (χ1n) is 8.93. The van der Waals surface area contributed by atoms with E-state index in [1.54, 1.807) is 23.9 Å². The van der Waals surface area contributed by atoms with Crippen LogP contribution in [0.4, 0.5) is 4.39 Å². The molecule has 0 N–H and O–H groups in total. The highest BCUT2D eigenvalue weighted by Crippen LogP contribution is 2.32. The van der Waals surface area contributed by atoms with Gasteiger partial charge in [0, 0.05) is 28.5 Å². The van der Waals surface area contributed by atoms with Gasteiger partial charge in [0.15, 0.2) is 5.78 Å². The number of carbonyl (C=O) groups excluding carboxylic acids is 1. The monoisotopic (exact) mass is 408 g/mol. The Hall–Kier alpha value is -2.57. The van der Waals surface area contributed by atoms with Crippen molar-refractivity contribution < 1.29 is 9.18 Å². The van der Waals surface area contributed by atoms with Gasteiger partial charge in [0.05, 0.1) is 4.88 Å². The molecule has 0 fully saturated rings. The summed E-state index contributed by atoms with van der Waals surface area (Å²) in [7, 11) is 0. The number of halogens is 1. The maximum Gasteiger partial charge on any atom is 0.172 e. The number of thioether (sulfide) groups is 1. The lowest BCUT2D eigenvalue weighted by molar-refractivity contribution is 0.0986. The third kappa shape index (κ3) is 4.13. The zero-order valence-corrected chi connectivity index (χ0v) is 16.6. The van der Waals surface area contributed by atoms with Gasteiger partial charge in [-0.25, -0.2) is 4.39 Å². The number of nitrogens with zero attached hydrogens (tertiary/aromatic N) is 2. The number of aromatic nitrogens is 2. The minimum atomic E-state index is -0.273. The molecule has 0 unspecified atom stereocenters. The van der Waals surface area contributed by atoms with E-state index in [0.29, 0.717) is 6.42 Å². The highest BCUT2D eigenvalue weighted by molar-refractivity contribution is 7.99. The van der Waals surface area contributed by atoms with Gasteiger partial charge in [0.25, 0.3) is 0 Å². The van der Waals surface area contributed by atoms with Crippen molar-refractivity contribution in [1.82, 2.24) is 10.2 Å². The third-order valence-corrected chi connectivity index (χ3v) is 6.33. The minimum absolute atomic E-state index is 0.193. The van der Waals surface area contributed by atoms with E-state index in [0.717, 1.165) is 44.1 Å². The summed E-state index contributed by atoms with van der Waals surface area (Å²) in [6, 6.07) is 18.0. The number of hydrogen-bond acceptors (Lipinski definition) is 5. The van der Waals surface area contributed by atoms with E-state index < -0.39 is 0 Å². The number of Topliss-reactive ketones (excluding diaryl/α,β-unsaturated/α-hetero) is 1. The minimum Gasteiger partial charge on any atom is -0.293 e. The summed E-state index contributed by atoms with van der Waals surface area (Å²) in [5.41, 5.74) is 1.58. The maximum absolute atomic E-state index is 13.2. The molecule has 2 aromatic carbocycles. The zero-order chi connectivity index (χ0) is 19.3. The van der Waals surface area contributed by atoms with E-state index in [-0.39, 0.29) is 11.6 Å². The summed E-state index contributed by atoms with van der Waals surface area (Å²) < 4.78 is 13.2. The van der Waals surface area contributed by atoms with E-state index >= 15 is 0 Å². The van der Waals surface area contributed by atoms with Gasteiger partial charge in [-0.1, -0.05) is 30.3 Å².